The highest BCUT2D eigenvalue weighted by Gasteiger charge is 2.35. The number of hydrogen-bond acceptors (Lipinski definition) is 3. The van der Waals surface area contributed by atoms with E-state index in [9.17, 15) is 10.1 Å². The molecule has 0 atom stereocenters. The zero-order chi connectivity index (χ0) is 19.0. The molecule has 0 amide bonds. The lowest BCUT2D eigenvalue weighted by Crippen LogP contribution is -2.25. The van der Waals surface area contributed by atoms with E-state index in [0.717, 1.165) is 17.8 Å². The molecule has 0 aromatic heterocycles. The van der Waals surface area contributed by atoms with E-state index in [1.165, 1.54) is 75.3 Å². The van der Waals surface area contributed by atoms with Gasteiger partial charge in [-0.25, -0.2) is 0 Å². The molecule has 0 radical (unpaired) electrons. The van der Waals surface area contributed by atoms with Crippen LogP contribution in [-0.4, -0.2) is 12.0 Å². The normalized spacial score (nSPS) is 31.5. The highest BCUT2D eigenvalue weighted by Crippen LogP contribution is 2.50. The Bertz CT molecular complexity index is 681. The first-order valence-electron chi connectivity index (χ1n) is 10.9. The number of nitrogens with zero attached hydrogens (tertiary/aromatic N) is 1. The zero-order valence-corrected chi connectivity index (χ0v) is 16.8. The Hall–Kier alpha value is -1.58. The van der Waals surface area contributed by atoms with E-state index in [0.29, 0.717) is 17.6 Å². The number of rotatable bonds is 5. The van der Waals surface area contributed by atoms with Crippen LogP contribution in [0, 0.1) is 27.9 Å². The van der Waals surface area contributed by atoms with Gasteiger partial charge in [0, 0.05) is 6.07 Å². The molecule has 4 rings (SSSR count). The Morgan fingerprint density at radius 3 is 1.81 bits per heavy atom. The predicted octanol–water partition coefficient (Wildman–Crippen LogP) is 6.58. The third kappa shape index (κ3) is 4.00. The smallest absolute Gasteiger partial charge is 0.311 e. The topological polar surface area (TPSA) is 52.4 Å². The summed E-state index contributed by atoms with van der Waals surface area (Å²) < 4.78 is 5.38. The molecule has 0 aliphatic heterocycles. The second-order valence-electron chi connectivity index (χ2n) is 9.32. The van der Waals surface area contributed by atoms with Crippen LogP contribution in [0.4, 0.5) is 5.69 Å². The summed E-state index contributed by atoms with van der Waals surface area (Å²) in [6.45, 7) is 2.40. The number of ether oxygens (including phenoxy) is 1. The van der Waals surface area contributed by atoms with Crippen molar-refractivity contribution < 1.29 is 9.66 Å². The van der Waals surface area contributed by atoms with Gasteiger partial charge in [-0.1, -0.05) is 19.8 Å². The fourth-order valence-corrected chi connectivity index (χ4v) is 5.67. The van der Waals surface area contributed by atoms with Gasteiger partial charge in [-0.05, 0) is 98.1 Å². The Morgan fingerprint density at radius 1 is 0.852 bits per heavy atom. The van der Waals surface area contributed by atoms with Gasteiger partial charge in [0.25, 0.3) is 0 Å². The summed E-state index contributed by atoms with van der Waals surface area (Å²) in [7, 11) is 1.55. The van der Waals surface area contributed by atoms with Gasteiger partial charge in [0.05, 0.1) is 12.0 Å². The van der Waals surface area contributed by atoms with Crippen LogP contribution >= 0.6 is 0 Å². The lowest BCUT2D eigenvalue weighted by molar-refractivity contribution is -0.385. The van der Waals surface area contributed by atoms with Crippen LogP contribution in [0.2, 0.25) is 0 Å². The average molecular weight is 372 g/mol. The molecule has 3 fully saturated rings. The van der Waals surface area contributed by atoms with Gasteiger partial charge in [-0.3, -0.25) is 10.1 Å². The quantitative estimate of drug-likeness (QED) is 0.434. The van der Waals surface area contributed by atoms with Gasteiger partial charge < -0.3 is 4.74 Å². The maximum absolute atomic E-state index is 11.4. The maximum Gasteiger partial charge on any atom is 0.311 e. The molecule has 148 valence electrons. The van der Waals surface area contributed by atoms with Crippen molar-refractivity contribution in [2.45, 2.75) is 83.0 Å². The molecule has 4 heteroatoms. The minimum atomic E-state index is -0.296. The third-order valence-electron chi connectivity index (χ3n) is 7.54. The summed E-state index contributed by atoms with van der Waals surface area (Å²) in [5.41, 5.74) is 2.71. The van der Waals surface area contributed by atoms with Crippen molar-refractivity contribution in [1.82, 2.24) is 0 Å². The largest absolute Gasteiger partial charge is 0.490 e. The molecular formula is C23H33NO3. The average Bonchev–Trinajstić information content (AvgIpc) is 3.53. The van der Waals surface area contributed by atoms with E-state index in [2.05, 4.69) is 6.92 Å². The Kier molecular flexibility index (Phi) is 5.43. The van der Waals surface area contributed by atoms with Crippen molar-refractivity contribution >= 4 is 5.69 Å². The van der Waals surface area contributed by atoms with Crippen LogP contribution in [0.15, 0.2) is 12.1 Å². The molecule has 0 saturated heterocycles. The number of methoxy groups -OCH3 is 1. The zero-order valence-electron chi connectivity index (χ0n) is 16.8. The lowest BCUT2D eigenvalue weighted by atomic mass is 9.68. The van der Waals surface area contributed by atoms with Crippen LogP contribution in [0.5, 0.6) is 5.75 Å². The Labute approximate surface area is 162 Å². The second-order valence-corrected chi connectivity index (χ2v) is 9.32. The second kappa shape index (κ2) is 7.81. The van der Waals surface area contributed by atoms with Gasteiger partial charge in [-0.15, -0.1) is 0 Å². The van der Waals surface area contributed by atoms with Crippen molar-refractivity contribution in [1.29, 1.82) is 0 Å². The Morgan fingerprint density at radius 2 is 1.33 bits per heavy atom. The van der Waals surface area contributed by atoms with Crippen LogP contribution < -0.4 is 4.74 Å². The van der Waals surface area contributed by atoms with Crippen molar-refractivity contribution in [3.05, 3.63) is 33.4 Å². The van der Waals surface area contributed by atoms with Crippen LogP contribution in [0.25, 0.3) is 0 Å². The molecule has 3 saturated carbocycles. The molecular weight excluding hydrogens is 338 g/mol. The summed E-state index contributed by atoms with van der Waals surface area (Å²) in [4.78, 5) is 11.1. The minimum Gasteiger partial charge on any atom is -0.490 e. The Balaban J connectivity index is 1.50. The fourth-order valence-electron chi connectivity index (χ4n) is 5.67. The highest BCUT2D eigenvalue weighted by molar-refractivity contribution is 5.55. The first kappa shape index (κ1) is 18.8. The first-order valence-corrected chi connectivity index (χ1v) is 10.9. The summed E-state index contributed by atoms with van der Waals surface area (Å²) >= 11 is 0. The van der Waals surface area contributed by atoms with E-state index >= 15 is 0 Å². The van der Waals surface area contributed by atoms with Gasteiger partial charge in [-0.2, -0.15) is 0 Å². The number of nitro benzene ring substituents is 1. The van der Waals surface area contributed by atoms with Crippen molar-refractivity contribution in [3.8, 4) is 5.75 Å². The number of benzene rings is 1. The molecule has 1 aromatic rings. The minimum absolute atomic E-state index is 0.133. The van der Waals surface area contributed by atoms with Gasteiger partial charge in [0.1, 0.15) is 0 Å². The van der Waals surface area contributed by atoms with Crippen LogP contribution in [0.3, 0.4) is 0 Å². The van der Waals surface area contributed by atoms with Crippen LogP contribution in [-0.2, 0) is 0 Å². The SMILES string of the molecule is COc1cc(C2CCC(C3CCC(C)CC3)CC2)c(C2CC2)cc1[N+](=O)[O-]. The predicted molar refractivity (Wildman–Crippen MR) is 107 cm³/mol. The lowest BCUT2D eigenvalue weighted by Gasteiger charge is -2.37. The molecule has 3 aliphatic carbocycles. The molecule has 0 unspecified atom stereocenters. The van der Waals surface area contributed by atoms with Gasteiger partial charge in [0.2, 0.25) is 0 Å². The molecule has 0 heterocycles. The molecule has 0 spiro atoms. The van der Waals surface area contributed by atoms with E-state index in [-0.39, 0.29) is 10.6 Å². The third-order valence-corrected chi connectivity index (χ3v) is 7.54. The number of nitro groups is 1. The molecule has 0 N–H and O–H groups in total. The first-order chi connectivity index (χ1) is 13.1. The van der Waals surface area contributed by atoms with E-state index < -0.39 is 0 Å². The molecule has 0 bridgehead atoms. The van der Waals surface area contributed by atoms with Gasteiger partial charge >= 0.3 is 5.69 Å². The summed E-state index contributed by atoms with van der Waals surface area (Å²) in [5.74, 6) is 4.28. The summed E-state index contributed by atoms with van der Waals surface area (Å²) in [6, 6.07) is 3.82. The maximum atomic E-state index is 11.4. The summed E-state index contributed by atoms with van der Waals surface area (Å²) in [5, 5.41) is 11.4. The van der Waals surface area contributed by atoms with E-state index in [1.54, 1.807) is 7.11 Å². The van der Waals surface area contributed by atoms with Gasteiger partial charge in [0.15, 0.2) is 5.75 Å². The molecule has 3 aliphatic rings. The highest BCUT2D eigenvalue weighted by atomic mass is 16.6. The van der Waals surface area contributed by atoms with Crippen LogP contribution in [0.1, 0.15) is 94.1 Å². The standard InChI is InChI=1S/C23H33NO3/c1-15-3-5-16(6-4-15)17-7-9-19(10-8-17)21-14-23(27-2)22(24(25)26)13-20(21)18-11-12-18/h13-19H,3-12H2,1-2H3. The van der Waals surface area contributed by atoms with Crippen molar-refractivity contribution in [3.63, 3.8) is 0 Å². The molecule has 1 aromatic carbocycles. The molecule has 27 heavy (non-hydrogen) atoms. The molecule has 4 nitrogen and oxygen atoms in total. The fraction of sp³-hybridized carbons (Fsp3) is 0.739. The van der Waals surface area contributed by atoms with E-state index in [1.807, 2.05) is 12.1 Å². The van der Waals surface area contributed by atoms with Crippen molar-refractivity contribution in [2.75, 3.05) is 7.11 Å². The van der Waals surface area contributed by atoms with E-state index in [4.69, 9.17) is 4.74 Å². The number of hydrogen-bond donors (Lipinski definition) is 0. The van der Waals surface area contributed by atoms with Crippen molar-refractivity contribution in [2.24, 2.45) is 17.8 Å². The monoisotopic (exact) mass is 371 g/mol. The summed E-state index contributed by atoms with van der Waals surface area (Å²) in [6.07, 6.45) is 13.1.